The zero-order valence-electron chi connectivity index (χ0n) is 11.4. The lowest BCUT2D eigenvalue weighted by Gasteiger charge is -2.06. The highest BCUT2D eigenvalue weighted by molar-refractivity contribution is 5.96. The number of rotatable bonds is 4. The third kappa shape index (κ3) is 2.67. The topological polar surface area (TPSA) is 79.8 Å². The summed E-state index contributed by atoms with van der Waals surface area (Å²) < 4.78 is 1.57. The Bertz CT molecular complexity index is 654. The van der Waals surface area contributed by atoms with Crippen molar-refractivity contribution in [2.24, 2.45) is 13.0 Å². The maximum atomic E-state index is 12.1. The quantitative estimate of drug-likeness (QED) is 0.864. The van der Waals surface area contributed by atoms with Crippen molar-refractivity contribution in [3.05, 3.63) is 28.2 Å². The minimum atomic E-state index is -0.340. The lowest BCUT2D eigenvalue weighted by molar-refractivity contribution is 0.0951. The Morgan fingerprint density at radius 3 is 2.95 bits per heavy atom. The number of carbonyl (C=O) groups is 1. The van der Waals surface area contributed by atoms with Crippen molar-refractivity contribution in [1.29, 1.82) is 0 Å². The van der Waals surface area contributed by atoms with Crippen molar-refractivity contribution < 1.29 is 4.79 Å². The van der Waals surface area contributed by atoms with Gasteiger partial charge >= 0.3 is 0 Å². The molecule has 0 fully saturated rings. The number of carbonyl (C=O) groups excluding carboxylic acids is 1. The molecule has 0 aliphatic carbocycles. The van der Waals surface area contributed by atoms with E-state index < -0.39 is 0 Å². The Balaban J connectivity index is 2.23. The predicted molar refractivity (Wildman–Crippen MR) is 73.1 cm³/mol. The molecule has 2 aromatic rings. The molecule has 0 spiro atoms. The number of fused-ring (bicyclic) bond motifs is 1. The van der Waals surface area contributed by atoms with Gasteiger partial charge in [0.25, 0.3) is 5.91 Å². The summed E-state index contributed by atoms with van der Waals surface area (Å²) in [6, 6.07) is 0. The van der Waals surface area contributed by atoms with Gasteiger partial charge in [-0.25, -0.2) is 0 Å². The van der Waals surface area contributed by atoms with Gasteiger partial charge in [0, 0.05) is 19.8 Å². The van der Waals surface area contributed by atoms with Gasteiger partial charge in [0.15, 0.2) is 0 Å². The van der Waals surface area contributed by atoms with E-state index in [9.17, 15) is 9.59 Å². The predicted octanol–water partition coefficient (Wildman–Crippen LogP) is 1.04. The zero-order valence-corrected chi connectivity index (χ0v) is 11.4. The van der Waals surface area contributed by atoms with E-state index >= 15 is 0 Å². The molecule has 0 atom stereocenters. The lowest BCUT2D eigenvalue weighted by atomic mass is 10.1. The number of amides is 1. The first kappa shape index (κ1) is 13.3. The van der Waals surface area contributed by atoms with Gasteiger partial charge in [0.1, 0.15) is 11.2 Å². The van der Waals surface area contributed by atoms with Crippen molar-refractivity contribution in [1.82, 2.24) is 20.1 Å². The summed E-state index contributed by atoms with van der Waals surface area (Å²) >= 11 is 0. The molecule has 2 N–H and O–H groups in total. The first-order chi connectivity index (χ1) is 9.00. The number of H-pyrrole nitrogens is 1. The van der Waals surface area contributed by atoms with Gasteiger partial charge in [-0.1, -0.05) is 13.8 Å². The van der Waals surface area contributed by atoms with Crippen LogP contribution < -0.4 is 10.7 Å². The summed E-state index contributed by atoms with van der Waals surface area (Å²) in [5.41, 5.74) is 0.455. The summed E-state index contributed by atoms with van der Waals surface area (Å²) in [5.74, 6) is 0.173. The summed E-state index contributed by atoms with van der Waals surface area (Å²) in [5, 5.41) is 7.18. The van der Waals surface area contributed by atoms with Crippen molar-refractivity contribution in [3.63, 3.8) is 0 Å². The number of aryl methyl sites for hydroxylation is 1. The van der Waals surface area contributed by atoms with E-state index in [4.69, 9.17) is 0 Å². The average molecular weight is 262 g/mol. The van der Waals surface area contributed by atoms with Crippen molar-refractivity contribution in [2.45, 2.75) is 20.3 Å². The van der Waals surface area contributed by atoms with E-state index in [1.165, 1.54) is 12.4 Å². The Kier molecular flexibility index (Phi) is 3.69. The molecule has 0 bridgehead atoms. The Hall–Kier alpha value is -2.11. The second-order valence-electron chi connectivity index (χ2n) is 5.00. The number of pyridine rings is 1. The molecule has 0 radical (unpaired) electrons. The fraction of sp³-hybridized carbons (Fsp3) is 0.462. The number of aromatic amines is 1. The van der Waals surface area contributed by atoms with Crippen LogP contribution in [0, 0.1) is 5.92 Å². The van der Waals surface area contributed by atoms with Crippen LogP contribution in [0.15, 0.2) is 17.2 Å². The zero-order chi connectivity index (χ0) is 14.0. The molecular weight excluding hydrogens is 244 g/mol. The summed E-state index contributed by atoms with van der Waals surface area (Å²) in [4.78, 5) is 27.0. The molecule has 2 aromatic heterocycles. The molecule has 0 aliphatic heterocycles. The fourth-order valence-electron chi connectivity index (χ4n) is 1.86. The average Bonchev–Trinajstić information content (AvgIpc) is 2.72. The first-order valence-electron chi connectivity index (χ1n) is 6.32. The van der Waals surface area contributed by atoms with Crippen LogP contribution in [0.2, 0.25) is 0 Å². The SMILES string of the molecule is CC(C)CCNC(=O)c1c[nH]c2c(cnn2C)c1=O. The molecule has 0 saturated heterocycles. The second-order valence-corrected chi connectivity index (χ2v) is 5.00. The number of aromatic nitrogens is 3. The van der Waals surface area contributed by atoms with Crippen LogP contribution in [0.4, 0.5) is 0 Å². The van der Waals surface area contributed by atoms with E-state index in [1.807, 2.05) is 0 Å². The molecule has 2 rings (SSSR count). The van der Waals surface area contributed by atoms with Crippen LogP contribution in [0.5, 0.6) is 0 Å². The number of hydrogen-bond donors (Lipinski definition) is 2. The van der Waals surface area contributed by atoms with Crippen LogP contribution in [-0.4, -0.2) is 27.2 Å². The third-order valence-corrected chi connectivity index (χ3v) is 3.03. The van der Waals surface area contributed by atoms with Crippen molar-refractivity contribution >= 4 is 16.9 Å². The number of hydrogen-bond acceptors (Lipinski definition) is 3. The first-order valence-corrected chi connectivity index (χ1v) is 6.32. The van der Waals surface area contributed by atoms with Gasteiger partial charge in [-0.2, -0.15) is 5.10 Å². The Labute approximate surface area is 110 Å². The second kappa shape index (κ2) is 5.26. The molecule has 102 valence electrons. The van der Waals surface area contributed by atoms with Crippen LogP contribution in [0.25, 0.3) is 11.0 Å². The van der Waals surface area contributed by atoms with Gasteiger partial charge in [-0.15, -0.1) is 0 Å². The Morgan fingerprint density at radius 2 is 2.26 bits per heavy atom. The summed E-state index contributed by atoms with van der Waals surface area (Å²) in [6.45, 7) is 4.74. The van der Waals surface area contributed by atoms with Crippen LogP contribution in [0.1, 0.15) is 30.6 Å². The van der Waals surface area contributed by atoms with Crippen LogP contribution >= 0.6 is 0 Å². The molecule has 0 aromatic carbocycles. The largest absolute Gasteiger partial charge is 0.352 e. The molecule has 19 heavy (non-hydrogen) atoms. The van der Waals surface area contributed by atoms with Gasteiger partial charge in [0.05, 0.1) is 11.6 Å². The molecular formula is C13H18N4O2. The minimum absolute atomic E-state index is 0.129. The molecule has 6 nitrogen and oxygen atoms in total. The standard InChI is InChI=1S/C13H18N4O2/c1-8(2)4-5-14-13(19)10-6-15-12-9(11(10)18)7-16-17(12)3/h6-8H,4-5H2,1-3H3,(H,14,19)(H,15,18). The summed E-state index contributed by atoms with van der Waals surface area (Å²) in [6.07, 6.45) is 3.80. The van der Waals surface area contributed by atoms with Crippen molar-refractivity contribution in [3.8, 4) is 0 Å². The molecule has 2 heterocycles. The van der Waals surface area contributed by atoms with Gasteiger partial charge in [0.2, 0.25) is 5.43 Å². The van der Waals surface area contributed by atoms with E-state index in [0.29, 0.717) is 23.5 Å². The van der Waals surface area contributed by atoms with Crippen molar-refractivity contribution in [2.75, 3.05) is 6.54 Å². The van der Waals surface area contributed by atoms with Gasteiger partial charge in [-0.3, -0.25) is 14.3 Å². The smallest absolute Gasteiger partial charge is 0.256 e. The molecule has 6 heteroatoms. The molecule has 0 aliphatic rings. The number of nitrogens with one attached hydrogen (secondary N) is 2. The van der Waals surface area contributed by atoms with Gasteiger partial charge in [-0.05, 0) is 12.3 Å². The van der Waals surface area contributed by atoms with Gasteiger partial charge < -0.3 is 10.3 Å². The normalized spacial score (nSPS) is 11.2. The highest BCUT2D eigenvalue weighted by Crippen LogP contribution is 2.05. The fourth-order valence-corrected chi connectivity index (χ4v) is 1.86. The third-order valence-electron chi connectivity index (χ3n) is 3.03. The maximum absolute atomic E-state index is 12.1. The highest BCUT2D eigenvalue weighted by atomic mass is 16.2. The number of nitrogens with zero attached hydrogens (tertiary/aromatic N) is 2. The monoisotopic (exact) mass is 262 g/mol. The van der Waals surface area contributed by atoms with E-state index in [1.54, 1.807) is 11.7 Å². The molecule has 0 saturated carbocycles. The maximum Gasteiger partial charge on any atom is 0.256 e. The van der Waals surface area contributed by atoms with Crippen LogP contribution in [-0.2, 0) is 7.05 Å². The highest BCUT2D eigenvalue weighted by Gasteiger charge is 2.14. The lowest BCUT2D eigenvalue weighted by Crippen LogP contribution is -2.30. The minimum Gasteiger partial charge on any atom is -0.352 e. The molecule has 1 amide bonds. The summed E-state index contributed by atoms with van der Waals surface area (Å²) in [7, 11) is 1.74. The van der Waals surface area contributed by atoms with E-state index in [2.05, 4.69) is 29.2 Å². The molecule has 0 unspecified atom stereocenters. The Morgan fingerprint density at radius 1 is 1.53 bits per heavy atom. The van der Waals surface area contributed by atoms with E-state index in [-0.39, 0.29) is 16.9 Å². The van der Waals surface area contributed by atoms with Crippen LogP contribution in [0.3, 0.4) is 0 Å². The van der Waals surface area contributed by atoms with E-state index in [0.717, 1.165) is 6.42 Å².